The zero-order chi connectivity index (χ0) is 34.9. The summed E-state index contributed by atoms with van der Waals surface area (Å²) >= 11 is 0. The molecule has 12 heteroatoms. The first kappa shape index (κ1) is 35.8. The van der Waals surface area contributed by atoms with Crippen LogP contribution < -0.4 is 21.1 Å². The number of amides is 3. The van der Waals surface area contributed by atoms with Crippen molar-refractivity contribution < 1.29 is 29.0 Å². The average Bonchev–Trinajstić information content (AvgIpc) is 3.10. The van der Waals surface area contributed by atoms with Gasteiger partial charge in [-0.1, -0.05) is 31.2 Å². The molecule has 3 aromatic carbocycles. The number of fused-ring (bicyclic) bond motifs is 1. The second kappa shape index (κ2) is 16.8. The van der Waals surface area contributed by atoms with Gasteiger partial charge < -0.3 is 35.8 Å². The lowest BCUT2D eigenvalue weighted by molar-refractivity contribution is -0.116. The van der Waals surface area contributed by atoms with E-state index in [-0.39, 0.29) is 36.4 Å². The number of ether oxygens (including phenoxy) is 2. The smallest absolute Gasteiger partial charge is 0.258 e. The molecule has 0 bridgehead atoms. The monoisotopic (exact) mass is 672 g/mol. The highest BCUT2D eigenvalue weighted by molar-refractivity contribution is 6.05. The minimum atomic E-state index is -0.403. The Bertz CT molecular complexity index is 1590. The first-order chi connectivity index (χ1) is 23.6. The summed E-state index contributed by atoms with van der Waals surface area (Å²) in [5.74, 6) is -0.233. The van der Waals surface area contributed by atoms with E-state index < -0.39 is 6.04 Å². The number of nitrogens with one attached hydrogen (secondary N) is 2. The summed E-state index contributed by atoms with van der Waals surface area (Å²) in [7, 11) is 2.00. The van der Waals surface area contributed by atoms with Crippen molar-refractivity contribution in [2.45, 2.75) is 39.0 Å². The molecular formula is C37H48N6O6. The Morgan fingerprint density at radius 2 is 1.80 bits per heavy atom. The van der Waals surface area contributed by atoms with E-state index in [0.29, 0.717) is 79.8 Å². The van der Waals surface area contributed by atoms with Gasteiger partial charge in [0.1, 0.15) is 11.9 Å². The van der Waals surface area contributed by atoms with Crippen LogP contribution in [-0.2, 0) is 16.1 Å². The number of para-hydroxylation sites is 2. The molecule has 0 spiro atoms. The number of carbonyl (C=O) groups is 3. The van der Waals surface area contributed by atoms with Crippen molar-refractivity contribution in [3.05, 3.63) is 83.4 Å². The van der Waals surface area contributed by atoms with E-state index in [0.717, 1.165) is 18.7 Å². The van der Waals surface area contributed by atoms with Gasteiger partial charge in [-0.3, -0.25) is 24.2 Å². The molecule has 1 fully saturated rings. The molecule has 2 aliphatic rings. The summed E-state index contributed by atoms with van der Waals surface area (Å²) in [6.45, 7) is 8.86. The molecule has 3 aromatic rings. The summed E-state index contributed by atoms with van der Waals surface area (Å²) in [5.41, 5.74) is 9.46. The molecule has 5 N–H and O–H groups in total. The molecule has 3 amide bonds. The Morgan fingerprint density at radius 3 is 2.51 bits per heavy atom. The van der Waals surface area contributed by atoms with Gasteiger partial charge in [0.05, 0.1) is 42.8 Å². The van der Waals surface area contributed by atoms with Crippen LogP contribution in [0.1, 0.15) is 46.5 Å². The first-order valence-electron chi connectivity index (χ1n) is 16.9. The SMILES string of the molecule is C[C@H](CO)N1C[C@H](C)[C@@H](CN(C)Cc2ccc(C(=O)Nc3ccccc3N)cc2)Oc2ccc(NC(=O)CCN3CCOCC3)cc2C1=O. The van der Waals surface area contributed by atoms with Gasteiger partial charge in [0.2, 0.25) is 5.91 Å². The van der Waals surface area contributed by atoms with Gasteiger partial charge in [0.15, 0.2) is 0 Å². The molecule has 3 atom stereocenters. The third kappa shape index (κ3) is 9.57. The topological polar surface area (TPSA) is 150 Å². The van der Waals surface area contributed by atoms with Crippen molar-refractivity contribution in [1.82, 2.24) is 14.7 Å². The number of nitrogens with two attached hydrogens (primary N) is 1. The highest BCUT2D eigenvalue weighted by Gasteiger charge is 2.33. The number of likely N-dealkylation sites (N-methyl/N-ethyl adjacent to an activating group) is 1. The number of benzene rings is 3. The van der Waals surface area contributed by atoms with E-state index in [9.17, 15) is 19.5 Å². The van der Waals surface area contributed by atoms with E-state index in [4.69, 9.17) is 15.2 Å². The van der Waals surface area contributed by atoms with Gasteiger partial charge in [-0.2, -0.15) is 0 Å². The fourth-order valence-electron chi connectivity index (χ4n) is 6.08. The molecule has 0 saturated carbocycles. The number of anilines is 3. The molecule has 262 valence electrons. The van der Waals surface area contributed by atoms with E-state index >= 15 is 0 Å². The molecule has 49 heavy (non-hydrogen) atoms. The van der Waals surface area contributed by atoms with Crippen molar-refractivity contribution in [3.63, 3.8) is 0 Å². The molecule has 0 aliphatic carbocycles. The number of hydrogen-bond donors (Lipinski definition) is 4. The minimum Gasteiger partial charge on any atom is -0.488 e. The van der Waals surface area contributed by atoms with Gasteiger partial charge in [-0.05, 0) is 62.0 Å². The van der Waals surface area contributed by atoms with E-state index in [1.165, 1.54) is 0 Å². The lowest BCUT2D eigenvalue weighted by Gasteiger charge is -2.38. The van der Waals surface area contributed by atoms with Gasteiger partial charge in [0, 0.05) is 62.9 Å². The Hall–Kier alpha value is -4.49. The molecule has 0 radical (unpaired) electrons. The summed E-state index contributed by atoms with van der Waals surface area (Å²) in [6, 6.07) is 19.3. The van der Waals surface area contributed by atoms with Gasteiger partial charge in [-0.15, -0.1) is 0 Å². The number of aliphatic hydroxyl groups excluding tert-OH is 1. The first-order valence-corrected chi connectivity index (χ1v) is 16.9. The number of nitrogen functional groups attached to an aromatic ring is 1. The highest BCUT2D eigenvalue weighted by atomic mass is 16.5. The molecule has 1 saturated heterocycles. The Morgan fingerprint density at radius 1 is 1.06 bits per heavy atom. The molecule has 2 aliphatic heterocycles. The van der Waals surface area contributed by atoms with Crippen molar-refractivity contribution in [2.75, 3.05) is 76.0 Å². The van der Waals surface area contributed by atoms with Crippen LogP contribution in [0.15, 0.2) is 66.7 Å². The predicted molar refractivity (Wildman–Crippen MR) is 190 cm³/mol. The summed E-state index contributed by atoms with van der Waals surface area (Å²) in [5, 5.41) is 15.8. The van der Waals surface area contributed by atoms with Crippen LogP contribution in [0.5, 0.6) is 5.75 Å². The van der Waals surface area contributed by atoms with Crippen LogP contribution in [0.25, 0.3) is 0 Å². The number of carbonyl (C=O) groups excluding carboxylic acids is 3. The van der Waals surface area contributed by atoms with Gasteiger partial charge >= 0.3 is 0 Å². The Balaban J connectivity index is 1.25. The average molecular weight is 673 g/mol. The molecule has 5 rings (SSSR count). The maximum Gasteiger partial charge on any atom is 0.258 e. The van der Waals surface area contributed by atoms with Crippen LogP contribution in [0.4, 0.5) is 17.1 Å². The predicted octanol–water partition coefficient (Wildman–Crippen LogP) is 3.53. The van der Waals surface area contributed by atoms with Crippen molar-refractivity contribution in [3.8, 4) is 5.75 Å². The maximum atomic E-state index is 13.8. The third-order valence-electron chi connectivity index (χ3n) is 9.08. The Labute approximate surface area is 288 Å². The normalized spacial score (nSPS) is 19.0. The molecule has 0 aromatic heterocycles. The fraction of sp³-hybridized carbons (Fsp3) is 0.432. The van der Waals surface area contributed by atoms with Crippen LogP contribution in [-0.4, -0.2) is 109 Å². The van der Waals surface area contributed by atoms with E-state index in [1.54, 1.807) is 47.4 Å². The molecule has 2 heterocycles. The fourth-order valence-corrected chi connectivity index (χ4v) is 6.08. The number of nitrogens with zero attached hydrogens (tertiary/aromatic N) is 3. The molecular weight excluding hydrogens is 624 g/mol. The number of morpholine rings is 1. The minimum absolute atomic E-state index is 0.0513. The van der Waals surface area contributed by atoms with Gasteiger partial charge in [-0.25, -0.2) is 0 Å². The van der Waals surface area contributed by atoms with E-state index in [1.807, 2.05) is 45.2 Å². The van der Waals surface area contributed by atoms with Crippen LogP contribution in [0.3, 0.4) is 0 Å². The second-order valence-electron chi connectivity index (χ2n) is 13.0. The van der Waals surface area contributed by atoms with Crippen molar-refractivity contribution in [1.29, 1.82) is 0 Å². The van der Waals surface area contributed by atoms with Crippen LogP contribution in [0.2, 0.25) is 0 Å². The quantitative estimate of drug-likeness (QED) is 0.212. The van der Waals surface area contributed by atoms with Crippen LogP contribution >= 0.6 is 0 Å². The summed E-state index contributed by atoms with van der Waals surface area (Å²) in [4.78, 5) is 45.4. The third-order valence-corrected chi connectivity index (χ3v) is 9.08. The van der Waals surface area contributed by atoms with Crippen molar-refractivity contribution >= 4 is 34.8 Å². The van der Waals surface area contributed by atoms with E-state index in [2.05, 4.69) is 20.4 Å². The zero-order valence-corrected chi connectivity index (χ0v) is 28.6. The number of rotatable bonds is 12. The van der Waals surface area contributed by atoms with Crippen LogP contribution in [0, 0.1) is 5.92 Å². The van der Waals surface area contributed by atoms with Gasteiger partial charge in [0.25, 0.3) is 11.8 Å². The standard InChI is InChI=1S/C37H48N6O6/c1-25-21-43(26(2)24-44)37(47)30-20-29(39-35(45)14-15-42-16-18-48-19-17-42)12-13-33(30)49-34(25)23-41(3)22-27-8-10-28(11-9-27)36(46)40-32-7-5-4-6-31(32)38/h4-13,20,25-26,34,44H,14-19,21-24,38H2,1-3H3,(H,39,45)(H,40,46)/t25-,26+,34+/m0/s1. The zero-order valence-electron chi connectivity index (χ0n) is 28.6. The highest BCUT2D eigenvalue weighted by Crippen LogP contribution is 2.31. The van der Waals surface area contributed by atoms with Crippen molar-refractivity contribution in [2.24, 2.45) is 5.92 Å². The Kier molecular flexibility index (Phi) is 12.2. The summed E-state index contributed by atoms with van der Waals surface area (Å²) in [6.07, 6.45) is 0.0560. The maximum absolute atomic E-state index is 13.8. The molecule has 12 nitrogen and oxygen atoms in total. The lowest BCUT2D eigenvalue weighted by atomic mass is 9.99. The number of hydrogen-bond acceptors (Lipinski definition) is 9. The summed E-state index contributed by atoms with van der Waals surface area (Å²) < 4.78 is 11.9. The lowest BCUT2D eigenvalue weighted by Crippen LogP contribution is -2.49. The number of aliphatic hydroxyl groups is 1. The second-order valence-corrected chi connectivity index (χ2v) is 13.0. The molecule has 0 unspecified atom stereocenters. The largest absolute Gasteiger partial charge is 0.488 e.